The maximum absolute atomic E-state index is 12.3. The quantitative estimate of drug-likeness (QED) is 0.781. The number of carbonyl (C=O) groups is 1. The summed E-state index contributed by atoms with van der Waals surface area (Å²) in [6, 6.07) is 6.69. The Morgan fingerprint density at radius 1 is 1.39 bits per heavy atom. The van der Waals surface area contributed by atoms with Crippen molar-refractivity contribution in [2.24, 2.45) is 0 Å². The van der Waals surface area contributed by atoms with Crippen LogP contribution in [0.15, 0.2) is 29.0 Å². The summed E-state index contributed by atoms with van der Waals surface area (Å²) >= 11 is 3.60. The number of nitrogens with one attached hydrogen (secondary N) is 1. The van der Waals surface area contributed by atoms with E-state index in [4.69, 9.17) is 4.74 Å². The summed E-state index contributed by atoms with van der Waals surface area (Å²) in [5.41, 5.74) is 1.37. The van der Waals surface area contributed by atoms with Crippen molar-refractivity contribution in [1.29, 1.82) is 0 Å². The van der Waals surface area contributed by atoms with Crippen LogP contribution in [0.1, 0.15) is 27.8 Å². The highest BCUT2D eigenvalue weighted by Crippen LogP contribution is 2.39. The van der Waals surface area contributed by atoms with Crippen molar-refractivity contribution in [3.8, 4) is 0 Å². The Labute approximate surface area is 145 Å². The van der Waals surface area contributed by atoms with Gasteiger partial charge in [0.25, 0.3) is 0 Å². The Morgan fingerprint density at radius 3 is 3.09 bits per heavy atom. The van der Waals surface area contributed by atoms with Crippen LogP contribution in [0.4, 0.5) is 0 Å². The molecule has 3 rings (SSSR count). The smallest absolute Gasteiger partial charge is 0.234 e. The van der Waals surface area contributed by atoms with Crippen LogP contribution in [0.5, 0.6) is 0 Å². The van der Waals surface area contributed by atoms with Crippen LogP contribution < -0.4 is 5.32 Å². The molecule has 4 nitrogen and oxygen atoms in total. The van der Waals surface area contributed by atoms with Gasteiger partial charge in [0.15, 0.2) is 0 Å². The van der Waals surface area contributed by atoms with Gasteiger partial charge in [-0.25, -0.2) is 0 Å². The number of thiophene rings is 2. The van der Waals surface area contributed by atoms with Gasteiger partial charge in [-0.2, -0.15) is 0 Å². The van der Waals surface area contributed by atoms with Gasteiger partial charge in [0.05, 0.1) is 12.6 Å². The molecule has 2 aromatic rings. The Morgan fingerprint density at radius 2 is 2.30 bits per heavy atom. The third kappa shape index (κ3) is 4.01. The van der Waals surface area contributed by atoms with Gasteiger partial charge in [-0.15, -0.1) is 22.7 Å². The van der Waals surface area contributed by atoms with Crippen molar-refractivity contribution in [2.45, 2.75) is 18.9 Å². The Bertz CT molecular complexity index is 624. The molecule has 0 bridgehead atoms. The molecule has 0 spiro atoms. The van der Waals surface area contributed by atoms with E-state index in [9.17, 15) is 4.79 Å². The highest BCUT2D eigenvalue weighted by molar-refractivity contribution is 7.10. The van der Waals surface area contributed by atoms with E-state index in [1.807, 2.05) is 11.3 Å². The second kappa shape index (κ2) is 8.06. The minimum atomic E-state index is 0.0985. The summed E-state index contributed by atoms with van der Waals surface area (Å²) in [5, 5.41) is 7.27. The molecule has 2 aromatic heterocycles. The standard InChI is InChI=1S/C17H22N2O2S2/c1-21-9-3-7-18-16(20)12-19-8-5-14-13(6-11-23-14)17(19)15-4-2-10-22-15/h2,4,6,10-11,17H,3,5,7-9,12H2,1H3,(H,18,20)/t17-/m0/s1. The first-order chi connectivity index (χ1) is 11.3. The lowest BCUT2D eigenvalue weighted by Gasteiger charge is -2.34. The van der Waals surface area contributed by atoms with Crippen LogP contribution in [0.2, 0.25) is 0 Å². The molecule has 1 amide bonds. The zero-order chi connectivity index (χ0) is 16.1. The van der Waals surface area contributed by atoms with Crippen molar-refractivity contribution in [3.05, 3.63) is 44.3 Å². The molecule has 1 aliphatic heterocycles. The number of carbonyl (C=O) groups excluding carboxylic acids is 1. The SMILES string of the molecule is COCCCNC(=O)CN1CCc2sccc2[C@H]1c1cccs1. The molecular formula is C17H22N2O2S2. The topological polar surface area (TPSA) is 41.6 Å². The molecular weight excluding hydrogens is 328 g/mol. The predicted molar refractivity (Wildman–Crippen MR) is 95.3 cm³/mol. The third-order valence-electron chi connectivity index (χ3n) is 4.07. The lowest BCUT2D eigenvalue weighted by Crippen LogP contribution is -2.42. The van der Waals surface area contributed by atoms with Gasteiger partial charge in [-0.3, -0.25) is 9.69 Å². The lowest BCUT2D eigenvalue weighted by atomic mass is 9.98. The second-order valence-corrected chi connectivity index (χ2v) is 7.61. The molecule has 0 unspecified atom stereocenters. The van der Waals surface area contributed by atoms with Crippen molar-refractivity contribution in [1.82, 2.24) is 10.2 Å². The number of rotatable bonds is 7. The number of amides is 1. The number of ether oxygens (including phenoxy) is 1. The molecule has 0 saturated carbocycles. The molecule has 124 valence electrons. The Hall–Kier alpha value is -1.21. The van der Waals surface area contributed by atoms with Gasteiger partial charge in [0, 0.05) is 36.6 Å². The molecule has 1 N–H and O–H groups in total. The fraction of sp³-hybridized carbons (Fsp3) is 0.471. The molecule has 3 heterocycles. The van der Waals surface area contributed by atoms with E-state index in [-0.39, 0.29) is 11.9 Å². The minimum Gasteiger partial charge on any atom is -0.385 e. The van der Waals surface area contributed by atoms with E-state index in [1.165, 1.54) is 15.3 Å². The maximum Gasteiger partial charge on any atom is 0.234 e. The monoisotopic (exact) mass is 350 g/mol. The van der Waals surface area contributed by atoms with Crippen molar-refractivity contribution >= 4 is 28.6 Å². The maximum atomic E-state index is 12.3. The van der Waals surface area contributed by atoms with Crippen molar-refractivity contribution in [3.63, 3.8) is 0 Å². The number of hydrogen-bond donors (Lipinski definition) is 1. The average Bonchev–Trinajstić information content (AvgIpc) is 3.22. The predicted octanol–water partition coefficient (Wildman–Crippen LogP) is 2.91. The normalized spacial score (nSPS) is 17.9. The summed E-state index contributed by atoms with van der Waals surface area (Å²) in [5.74, 6) is 0.0985. The lowest BCUT2D eigenvalue weighted by molar-refractivity contribution is -0.122. The number of methoxy groups -OCH3 is 1. The first-order valence-electron chi connectivity index (χ1n) is 7.89. The molecule has 0 aliphatic carbocycles. The van der Waals surface area contributed by atoms with E-state index < -0.39 is 0 Å². The zero-order valence-corrected chi connectivity index (χ0v) is 14.9. The van der Waals surface area contributed by atoms with E-state index in [0.717, 1.165) is 19.4 Å². The molecule has 0 fully saturated rings. The van der Waals surface area contributed by atoms with Crippen molar-refractivity contribution < 1.29 is 9.53 Å². The van der Waals surface area contributed by atoms with Crippen LogP contribution in [0, 0.1) is 0 Å². The molecule has 0 aromatic carbocycles. The summed E-state index contributed by atoms with van der Waals surface area (Å²) in [7, 11) is 1.68. The van der Waals surface area contributed by atoms with Crippen LogP contribution in [-0.4, -0.2) is 44.2 Å². The fourth-order valence-electron chi connectivity index (χ4n) is 3.00. The first kappa shape index (κ1) is 16.6. The number of hydrogen-bond acceptors (Lipinski definition) is 5. The van der Waals surface area contributed by atoms with Crippen LogP contribution in [-0.2, 0) is 16.0 Å². The van der Waals surface area contributed by atoms with Gasteiger partial charge in [0.1, 0.15) is 0 Å². The zero-order valence-electron chi connectivity index (χ0n) is 13.3. The summed E-state index contributed by atoms with van der Waals surface area (Å²) < 4.78 is 5.01. The van der Waals surface area contributed by atoms with Gasteiger partial charge in [-0.05, 0) is 41.3 Å². The van der Waals surface area contributed by atoms with E-state index in [0.29, 0.717) is 19.7 Å². The number of fused-ring (bicyclic) bond motifs is 1. The van der Waals surface area contributed by atoms with Crippen LogP contribution in [0.25, 0.3) is 0 Å². The highest BCUT2D eigenvalue weighted by Gasteiger charge is 2.31. The molecule has 6 heteroatoms. The molecule has 1 aliphatic rings. The van der Waals surface area contributed by atoms with E-state index >= 15 is 0 Å². The van der Waals surface area contributed by atoms with Gasteiger partial charge in [-0.1, -0.05) is 6.07 Å². The molecule has 0 saturated heterocycles. The average molecular weight is 351 g/mol. The third-order valence-corrected chi connectivity index (χ3v) is 5.99. The molecule has 23 heavy (non-hydrogen) atoms. The van der Waals surface area contributed by atoms with Crippen molar-refractivity contribution in [2.75, 3.05) is 33.4 Å². The minimum absolute atomic E-state index is 0.0985. The first-order valence-corrected chi connectivity index (χ1v) is 9.65. The Balaban J connectivity index is 1.67. The van der Waals surface area contributed by atoms with Gasteiger partial charge in [0.2, 0.25) is 5.91 Å². The summed E-state index contributed by atoms with van der Waals surface area (Å²) in [6.45, 7) is 2.74. The summed E-state index contributed by atoms with van der Waals surface area (Å²) in [6.07, 6.45) is 1.89. The second-order valence-electron chi connectivity index (χ2n) is 5.63. The fourth-order valence-corrected chi connectivity index (χ4v) is 4.78. The van der Waals surface area contributed by atoms with Gasteiger partial charge < -0.3 is 10.1 Å². The van der Waals surface area contributed by atoms with E-state index in [1.54, 1.807) is 18.4 Å². The number of nitrogens with zero attached hydrogens (tertiary/aromatic N) is 1. The summed E-state index contributed by atoms with van der Waals surface area (Å²) in [4.78, 5) is 17.3. The van der Waals surface area contributed by atoms with E-state index in [2.05, 4.69) is 39.2 Å². The highest BCUT2D eigenvalue weighted by atomic mass is 32.1. The Kier molecular flexibility index (Phi) is 5.83. The van der Waals surface area contributed by atoms with Crippen LogP contribution in [0.3, 0.4) is 0 Å². The van der Waals surface area contributed by atoms with Crippen LogP contribution >= 0.6 is 22.7 Å². The molecule has 0 radical (unpaired) electrons. The molecule has 1 atom stereocenters. The largest absolute Gasteiger partial charge is 0.385 e. The van der Waals surface area contributed by atoms with Gasteiger partial charge >= 0.3 is 0 Å².